The Balaban J connectivity index is 1.19. The number of fused-ring (bicyclic) bond motifs is 3. The number of H-pyrrole nitrogens is 1. The molecular formula is C29H21N3O3S. The summed E-state index contributed by atoms with van der Waals surface area (Å²) in [6, 6.07) is 30.5. The lowest BCUT2D eigenvalue weighted by atomic mass is 10.1. The van der Waals surface area contributed by atoms with Crippen molar-refractivity contribution in [3.8, 4) is 11.4 Å². The maximum Gasteiger partial charge on any atom is 0.338 e. The van der Waals surface area contributed by atoms with E-state index in [2.05, 4.69) is 9.97 Å². The van der Waals surface area contributed by atoms with Crippen LogP contribution in [0.5, 0.6) is 0 Å². The molecule has 0 saturated heterocycles. The number of aromatic amines is 1. The molecule has 7 heteroatoms. The number of carbonyl (C=O) groups excluding carboxylic acids is 2. The largest absolute Gasteiger partial charge is 0.462 e. The van der Waals surface area contributed by atoms with Crippen LogP contribution in [0.2, 0.25) is 0 Å². The van der Waals surface area contributed by atoms with Crippen LogP contribution in [0, 0.1) is 0 Å². The van der Waals surface area contributed by atoms with Gasteiger partial charge in [-0.3, -0.25) is 9.69 Å². The molecule has 1 N–H and O–H groups in total. The summed E-state index contributed by atoms with van der Waals surface area (Å²) in [7, 11) is 0. The van der Waals surface area contributed by atoms with Gasteiger partial charge in [0.2, 0.25) is 5.91 Å². The number of ether oxygens (including phenoxy) is 1. The topological polar surface area (TPSA) is 75.3 Å². The highest BCUT2D eigenvalue weighted by Crippen LogP contribution is 2.48. The summed E-state index contributed by atoms with van der Waals surface area (Å²) in [6.45, 7) is -0.0277. The normalized spacial score (nSPS) is 12.2. The fourth-order valence-electron chi connectivity index (χ4n) is 4.34. The van der Waals surface area contributed by atoms with Crippen molar-refractivity contribution >= 4 is 46.0 Å². The lowest BCUT2D eigenvalue weighted by molar-refractivity contribution is -0.118. The van der Waals surface area contributed by atoms with Crippen molar-refractivity contribution in [2.24, 2.45) is 0 Å². The predicted molar refractivity (Wildman–Crippen MR) is 141 cm³/mol. The Morgan fingerprint density at radius 1 is 0.806 bits per heavy atom. The minimum atomic E-state index is -0.492. The quantitative estimate of drug-likeness (QED) is 0.280. The van der Waals surface area contributed by atoms with E-state index in [1.165, 1.54) is 0 Å². The van der Waals surface area contributed by atoms with Crippen LogP contribution in [0.25, 0.3) is 22.4 Å². The highest BCUT2D eigenvalue weighted by molar-refractivity contribution is 7.99. The van der Waals surface area contributed by atoms with Crippen molar-refractivity contribution in [2.45, 2.75) is 16.2 Å². The van der Waals surface area contributed by atoms with Crippen molar-refractivity contribution in [3.63, 3.8) is 0 Å². The first-order valence-electron chi connectivity index (χ1n) is 11.6. The number of esters is 1. The SMILES string of the molecule is O=C(OCCC(=O)N1c2ccccc2Sc2ccccc21)c1ccccc1-c1nc2ccccc2[nH]1. The molecule has 36 heavy (non-hydrogen) atoms. The molecule has 5 aromatic rings. The summed E-state index contributed by atoms with van der Waals surface area (Å²) in [6.07, 6.45) is 0.0614. The summed E-state index contributed by atoms with van der Waals surface area (Å²) in [5.41, 5.74) is 4.44. The Hall–Kier alpha value is -4.36. The number of nitrogens with zero attached hydrogens (tertiary/aromatic N) is 2. The number of hydrogen-bond donors (Lipinski definition) is 1. The van der Waals surface area contributed by atoms with Gasteiger partial charge in [0.05, 0.1) is 34.4 Å². The molecule has 0 radical (unpaired) electrons. The zero-order chi connectivity index (χ0) is 24.5. The van der Waals surface area contributed by atoms with Crippen LogP contribution in [0.3, 0.4) is 0 Å². The molecular weight excluding hydrogens is 470 g/mol. The zero-order valence-corrected chi connectivity index (χ0v) is 20.0. The molecule has 0 saturated carbocycles. The second-order valence-corrected chi connectivity index (χ2v) is 9.38. The average molecular weight is 492 g/mol. The van der Waals surface area contributed by atoms with Crippen molar-refractivity contribution in [2.75, 3.05) is 11.5 Å². The second-order valence-electron chi connectivity index (χ2n) is 8.30. The molecule has 4 aromatic carbocycles. The highest BCUT2D eigenvalue weighted by atomic mass is 32.2. The number of aromatic nitrogens is 2. The minimum Gasteiger partial charge on any atom is -0.462 e. The van der Waals surface area contributed by atoms with Crippen LogP contribution in [0.15, 0.2) is 107 Å². The van der Waals surface area contributed by atoms with Gasteiger partial charge in [-0.25, -0.2) is 9.78 Å². The van der Waals surface area contributed by atoms with Crippen LogP contribution in [0.1, 0.15) is 16.8 Å². The van der Waals surface area contributed by atoms with Crippen LogP contribution in [-0.2, 0) is 9.53 Å². The van der Waals surface area contributed by atoms with Crippen LogP contribution in [0.4, 0.5) is 11.4 Å². The maximum absolute atomic E-state index is 13.3. The average Bonchev–Trinajstić information content (AvgIpc) is 3.36. The number of para-hydroxylation sites is 4. The van der Waals surface area contributed by atoms with E-state index in [4.69, 9.17) is 4.74 Å². The third-order valence-corrected chi connectivity index (χ3v) is 7.15. The summed E-state index contributed by atoms with van der Waals surface area (Å²) >= 11 is 1.64. The molecule has 0 aliphatic carbocycles. The lowest BCUT2D eigenvalue weighted by Crippen LogP contribution is -2.29. The van der Waals surface area contributed by atoms with Crippen LogP contribution >= 0.6 is 11.8 Å². The first kappa shape index (κ1) is 22.1. The first-order chi connectivity index (χ1) is 17.7. The number of benzene rings is 4. The Kier molecular flexibility index (Phi) is 5.75. The molecule has 2 heterocycles. The minimum absolute atomic E-state index is 0.0277. The summed E-state index contributed by atoms with van der Waals surface area (Å²) in [5.74, 6) is -0.0266. The van der Waals surface area contributed by atoms with Gasteiger partial charge in [0.1, 0.15) is 12.4 Å². The van der Waals surface area contributed by atoms with Gasteiger partial charge in [0, 0.05) is 15.4 Å². The van der Waals surface area contributed by atoms with E-state index in [-0.39, 0.29) is 18.9 Å². The molecule has 1 aliphatic rings. The van der Waals surface area contributed by atoms with Gasteiger partial charge in [-0.1, -0.05) is 66.4 Å². The van der Waals surface area contributed by atoms with E-state index >= 15 is 0 Å². The van der Waals surface area contributed by atoms with Gasteiger partial charge >= 0.3 is 5.97 Å². The van der Waals surface area contributed by atoms with Crippen molar-refractivity contribution in [1.82, 2.24) is 9.97 Å². The maximum atomic E-state index is 13.3. The molecule has 176 valence electrons. The molecule has 1 aliphatic heterocycles. The molecule has 1 amide bonds. The number of rotatable bonds is 5. The first-order valence-corrected chi connectivity index (χ1v) is 12.4. The van der Waals surface area contributed by atoms with E-state index < -0.39 is 5.97 Å². The number of hydrogen-bond acceptors (Lipinski definition) is 5. The van der Waals surface area contributed by atoms with Crippen molar-refractivity contribution in [1.29, 1.82) is 0 Å². The van der Waals surface area contributed by atoms with Gasteiger partial charge in [-0.05, 0) is 42.5 Å². The third kappa shape index (κ3) is 4.03. The number of anilines is 2. The Labute approximate surface area is 211 Å². The Morgan fingerprint density at radius 3 is 2.19 bits per heavy atom. The molecule has 0 spiro atoms. The molecule has 0 fully saturated rings. The summed E-state index contributed by atoms with van der Waals surface area (Å²) < 4.78 is 5.57. The summed E-state index contributed by atoms with van der Waals surface area (Å²) in [4.78, 5) is 38.0. The molecule has 6 nitrogen and oxygen atoms in total. The van der Waals surface area contributed by atoms with Crippen LogP contribution in [-0.4, -0.2) is 28.5 Å². The third-order valence-electron chi connectivity index (χ3n) is 6.02. The Bertz CT molecular complexity index is 1530. The molecule has 0 atom stereocenters. The van der Waals surface area contributed by atoms with E-state index in [1.54, 1.807) is 28.8 Å². The Morgan fingerprint density at radius 2 is 1.44 bits per heavy atom. The van der Waals surface area contributed by atoms with Gasteiger partial charge in [-0.2, -0.15) is 0 Å². The van der Waals surface area contributed by atoms with Crippen molar-refractivity contribution < 1.29 is 14.3 Å². The van der Waals surface area contributed by atoms with Crippen molar-refractivity contribution in [3.05, 3.63) is 103 Å². The molecule has 0 unspecified atom stereocenters. The van der Waals surface area contributed by atoms with E-state index in [0.717, 1.165) is 32.2 Å². The highest BCUT2D eigenvalue weighted by Gasteiger charge is 2.28. The fraction of sp³-hybridized carbons (Fsp3) is 0.0690. The van der Waals surface area contributed by atoms with Gasteiger partial charge in [-0.15, -0.1) is 0 Å². The van der Waals surface area contributed by atoms with Gasteiger partial charge < -0.3 is 9.72 Å². The molecule has 6 rings (SSSR count). The number of nitrogens with one attached hydrogen (secondary N) is 1. The van der Waals surface area contributed by atoms with E-state index in [9.17, 15) is 9.59 Å². The van der Waals surface area contributed by atoms with Gasteiger partial charge in [0.15, 0.2) is 0 Å². The van der Waals surface area contributed by atoms with Crippen LogP contribution < -0.4 is 4.90 Å². The lowest BCUT2D eigenvalue weighted by Gasteiger charge is -2.31. The molecule has 1 aromatic heterocycles. The molecule has 0 bridgehead atoms. The monoisotopic (exact) mass is 491 g/mol. The fourth-order valence-corrected chi connectivity index (χ4v) is 5.40. The number of amides is 1. The van der Waals surface area contributed by atoms with Gasteiger partial charge in [0.25, 0.3) is 0 Å². The predicted octanol–water partition coefficient (Wildman–Crippen LogP) is 6.61. The smallest absolute Gasteiger partial charge is 0.338 e. The standard InChI is InChI=1S/C29H21N3O3S/c33-27(32-23-13-5-7-15-25(23)36-26-16-8-6-14-24(26)32)17-18-35-29(34)20-10-2-1-9-19(20)28-30-21-11-3-4-12-22(21)31-28/h1-16H,17-18H2,(H,30,31). The summed E-state index contributed by atoms with van der Waals surface area (Å²) in [5, 5.41) is 0. The number of carbonyl (C=O) groups is 2. The zero-order valence-electron chi connectivity index (χ0n) is 19.2. The van der Waals surface area contributed by atoms with E-state index in [0.29, 0.717) is 17.0 Å². The second kappa shape index (κ2) is 9.36. The van der Waals surface area contributed by atoms with E-state index in [1.807, 2.05) is 84.9 Å². The number of imidazole rings is 1.